The summed E-state index contributed by atoms with van der Waals surface area (Å²) in [5, 5.41) is 7.90. The van der Waals surface area contributed by atoms with Gasteiger partial charge in [0.25, 0.3) is 0 Å². The summed E-state index contributed by atoms with van der Waals surface area (Å²) in [7, 11) is 0. The molecule has 0 bridgehead atoms. The third kappa shape index (κ3) is 5.34. The molecule has 2 aromatic heterocycles. The summed E-state index contributed by atoms with van der Waals surface area (Å²) in [6.45, 7) is 4.80. The Labute approximate surface area is 365 Å². The van der Waals surface area contributed by atoms with Crippen molar-refractivity contribution in [2.45, 2.75) is 19.3 Å². The predicted octanol–water partition coefficient (Wildman–Crippen LogP) is 15.1. The lowest BCUT2D eigenvalue weighted by Crippen LogP contribution is -2.22. The van der Waals surface area contributed by atoms with Gasteiger partial charge < -0.3 is 0 Å². The maximum absolute atomic E-state index is 5.14. The molecule has 63 heavy (non-hydrogen) atoms. The summed E-state index contributed by atoms with van der Waals surface area (Å²) < 4.78 is 4.53. The number of fused-ring (bicyclic) bond motifs is 2. The number of para-hydroxylation sites is 6. The lowest BCUT2D eigenvalue weighted by Gasteiger charge is -2.35. The van der Waals surface area contributed by atoms with Crippen LogP contribution in [0.2, 0.25) is 0 Å². The van der Waals surface area contributed by atoms with E-state index in [-0.39, 0.29) is 5.41 Å². The van der Waals surface area contributed by atoms with Crippen molar-refractivity contribution in [2.24, 2.45) is 0 Å². The Morgan fingerprint density at radius 1 is 0.365 bits per heavy atom. The molecule has 0 aliphatic heterocycles. The molecular weight excluding hydrogens is 765 g/mol. The highest BCUT2D eigenvalue weighted by molar-refractivity contribution is 6.27. The molecule has 1 aliphatic rings. The van der Waals surface area contributed by atoms with Crippen LogP contribution in [0.3, 0.4) is 0 Å². The molecule has 0 spiro atoms. The van der Waals surface area contributed by atoms with Gasteiger partial charge in [0.2, 0.25) is 0 Å². The Morgan fingerprint density at radius 3 is 1.46 bits per heavy atom. The van der Waals surface area contributed by atoms with Gasteiger partial charge in [-0.15, -0.1) is 0 Å². The molecule has 0 amide bonds. The van der Waals surface area contributed by atoms with Crippen LogP contribution in [0.5, 0.6) is 0 Å². The molecule has 296 valence electrons. The third-order valence-corrected chi connectivity index (χ3v) is 13.5. The van der Waals surface area contributed by atoms with Crippen molar-refractivity contribution in [2.75, 3.05) is 0 Å². The van der Waals surface area contributed by atoms with Gasteiger partial charge >= 0.3 is 0 Å². The molecule has 13 rings (SSSR count). The number of hydrogen-bond donors (Lipinski definition) is 0. The highest BCUT2D eigenvalue weighted by Crippen LogP contribution is 2.52. The lowest BCUT2D eigenvalue weighted by atomic mass is 9.68. The second kappa shape index (κ2) is 13.5. The van der Waals surface area contributed by atoms with Crippen molar-refractivity contribution >= 4 is 54.4 Å². The molecule has 0 radical (unpaired) electrons. The molecule has 0 fully saturated rings. The first-order chi connectivity index (χ1) is 31.0. The van der Waals surface area contributed by atoms with Crippen molar-refractivity contribution in [1.82, 2.24) is 19.1 Å². The van der Waals surface area contributed by atoms with E-state index in [1.165, 1.54) is 65.7 Å². The zero-order valence-electron chi connectivity index (χ0n) is 34.9. The van der Waals surface area contributed by atoms with Gasteiger partial charge in [-0.25, -0.2) is 9.97 Å². The van der Waals surface area contributed by atoms with Crippen LogP contribution in [0.15, 0.2) is 206 Å². The van der Waals surface area contributed by atoms with Crippen molar-refractivity contribution in [3.63, 3.8) is 0 Å². The molecule has 0 saturated heterocycles. The van der Waals surface area contributed by atoms with Crippen LogP contribution >= 0.6 is 0 Å². The zero-order valence-corrected chi connectivity index (χ0v) is 34.9. The molecule has 0 atom stereocenters. The van der Waals surface area contributed by atoms with E-state index in [9.17, 15) is 0 Å². The molecule has 10 aromatic carbocycles. The van der Waals surface area contributed by atoms with Gasteiger partial charge in [-0.1, -0.05) is 153 Å². The Hall–Kier alpha value is -8.08. The minimum Gasteiger partial charge on any atom is -0.292 e. The van der Waals surface area contributed by atoms with E-state index in [2.05, 4.69) is 229 Å². The number of nitrogens with zero attached hydrogens (tertiary/aromatic N) is 4. The van der Waals surface area contributed by atoms with Crippen LogP contribution in [0, 0.1) is 0 Å². The third-order valence-electron chi connectivity index (χ3n) is 13.5. The van der Waals surface area contributed by atoms with Crippen molar-refractivity contribution in [1.29, 1.82) is 0 Å². The minimum absolute atomic E-state index is 0.228. The summed E-state index contributed by atoms with van der Waals surface area (Å²) in [5.74, 6) is 1.88. The maximum Gasteiger partial charge on any atom is 0.145 e. The highest BCUT2D eigenvalue weighted by atomic mass is 15.1. The lowest BCUT2D eigenvalue weighted by molar-refractivity contribution is 0.652. The van der Waals surface area contributed by atoms with E-state index in [0.29, 0.717) is 0 Å². The van der Waals surface area contributed by atoms with Gasteiger partial charge in [0.05, 0.1) is 22.1 Å². The van der Waals surface area contributed by atoms with Gasteiger partial charge in [0.15, 0.2) is 0 Å². The van der Waals surface area contributed by atoms with E-state index in [1.807, 2.05) is 0 Å². The Bertz CT molecular complexity index is 3780. The van der Waals surface area contributed by atoms with Crippen LogP contribution in [0.4, 0.5) is 0 Å². The van der Waals surface area contributed by atoms with Crippen molar-refractivity contribution < 1.29 is 0 Å². The number of aromatic nitrogens is 4. The second-order valence-corrected chi connectivity index (χ2v) is 17.4. The quantitative estimate of drug-likeness (QED) is 0.157. The maximum atomic E-state index is 5.14. The van der Waals surface area contributed by atoms with E-state index in [4.69, 9.17) is 9.97 Å². The van der Waals surface area contributed by atoms with E-state index < -0.39 is 0 Å². The van der Waals surface area contributed by atoms with Crippen LogP contribution < -0.4 is 0 Å². The number of rotatable bonds is 6. The van der Waals surface area contributed by atoms with Gasteiger partial charge in [0.1, 0.15) is 11.6 Å². The minimum atomic E-state index is -0.228. The smallest absolute Gasteiger partial charge is 0.145 e. The van der Waals surface area contributed by atoms with Crippen LogP contribution in [0.25, 0.3) is 111 Å². The average molecular weight is 805 g/mol. The fourth-order valence-electron chi connectivity index (χ4n) is 10.4. The summed E-state index contributed by atoms with van der Waals surface area (Å²) in [6.07, 6.45) is 0. The molecule has 4 heteroatoms. The van der Waals surface area contributed by atoms with Crippen LogP contribution in [0.1, 0.15) is 25.0 Å². The zero-order chi connectivity index (χ0) is 41.8. The van der Waals surface area contributed by atoms with Crippen LogP contribution in [-0.2, 0) is 5.41 Å². The van der Waals surface area contributed by atoms with E-state index >= 15 is 0 Å². The summed E-state index contributed by atoms with van der Waals surface area (Å²) in [6, 6.07) is 74.6. The summed E-state index contributed by atoms with van der Waals surface area (Å²) >= 11 is 0. The fraction of sp³-hybridized carbons (Fsp3) is 0.0508. The van der Waals surface area contributed by atoms with Crippen molar-refractivity contribution in [3.05, 3.63) is 217 Å². The number of hydrogen-bond acceptors (Lipinski definition) is 2. The molecule has 12 aromatic rings. The predicted molar refractivity (Wildman–Crippen MR) is 262 cm³/mol. The van der Waals surface area contributed by atoms with Crippen molar-refractivity contribution in [3.8, 4) is 56.4 Å². The van der Waals surface area contributed by atoms with E-state index in [0.717, 1.165) is 56.2 Å². The fourth-order valence-corrected chi connectivity index (χ4v) is 10.4. The molecule has 4 nitrogen and oxygen atoms in total. The Kier molecular flexibility index (Phi) is 7.62. The second-order valence-electron chi connectivity index (χ2n) is 17.4. The van der Waals surface area contributed by atoms with Gasteiger partial charge in [-0.05, 0) is 132 Å². The normalized spacial score (nSPS) is 13.0. The Morgan fingerprint density at radius 2 is 0.873 bits per heavy atom. The monoisotopic (exact) mass is 804 g/mol. The number of benzene rings is 10. The van der Waals surface area contributed by atoms with Gasteiger partial charge in [0, 0.05) is 27.9 Å². The molecule has 0 saturated carbocycles. The molecular formula is C59H40N4. The molecule has 0 unspecified atom stereocenters. The summed E-state index contributed by atoms with van der Waals surface area (Å²) in [4.78, 5) is 10.3. The first-order valence-electron chi connectivity index (χ1n) is 21.7. The largest absolute Gasteiger partial charge is 0.292 e. The first-order valence-corrected chi connectivity index (χ1v) is 21.7. The molecule has 1 aliphatic carbocycles. The standard InChI is InChI=1S/C59H40N4/c1-59(2)48-19-13-18-46-47(38-26-30-40(31-27-38)58-61-51-21-10-12-23-53(51)63(58)45-16-7-4-8-17-45)35-42-33-32-41-34-43(36-49(59)54(41)55(42)56(46)48)37-24-28-39(29-25-37)57-60-50-20-9-11-22-52(50)62(57)44-14-5-3-6-15-44/h3-36H,1-2H3. The van der Waals surface area contributed by atoms with Crippen LogP contribution in [-0.4, -0.2) is 19.1 Å². The molecule has 2 heterocycles. The van der Waals surface area contributed by atoms with Gasteiger partial charge in [-0.3, -0.25) is 9.13 Å². The highest BCUT2D eigenvalue weighted by Gasteiger charge is 2.33. The van der Waals surface area contributed by atoms with Gasteiger partial charge in [-0.2, -0.15) is 0 Å². The topological polar surface area (TPSA) is 35.6 Å². The SMILES string of the molecule is CC1(C)c2cc(-c3ccc(-c4nc5ccccc5n4-c4ccccc4)cc3)cc3ccc4cc(-c5ccc(-c6nc7ccccc7n6-c6ccccc6)cc5)c5cccc1c5c4c23. The first kappa shape index (κ1) is 35.7. The average Bonchev–Trinajstić information content (AvgIpc) is 3.93. The van der Waals surface area contributed by atoms with E-state index in [1.54, 1.807) is 0 Å². The summed E-state index contributed by atoms with van der Waals surface area (Å²) in [5.41, 5.74) is 15.9. The molecule has 0 N–H and O–H groups in total. The number of imidazole rings is 2. The Balaban J connectivity index is 0.919.